The van der Waals surface area contributed by atoms with Crippen LogP contribution in [0.15, 0.2) is 60.7 Å². The minimum atomic E-state index is -0.592. The van der Waals surface area contributed by atoms with Gasteiger partial charge in [0.1, 0.15) is 18.5 Å². The van der Waals surface area contributed by atoms with Crippen LogP contribution in [0.5, 0.6) is 5.75 Å². The van der Waals surface area contributed by atoms with E-state index in [1.54, 1.807) is 6.08 Å². The third-order valence-electron chi connectivity index (χ3n) is 6.65. The summed E-state index contributed by atoms with van der Waals surface area (Å²) < 4.78 is 5.91. The maximum Gasteiger partial charge on any atom is 0.246 e. The molecular weight excluding hydrogens is 497 g/mol. The first-order valence-electron chi connectivity index (χ1n) is 12.5. The Morgan fingerprint density at radius 2 is 1.67 bits per heavy atom. The van der Waals surface area contributed by atoms with Crippen molar-refractivity contribution in [2.24, 2.45) is 0 Å². The number of likely N-dealkylation sites (tertiary alicyclic amines) is 2. The number of hydrogen-bond donors (Lipinski definition) is 2. The van der Waals surface area contributed by atoms with Crippen molar-refractivity contribution in [3.8, 4) is 5.75 Å². The number of benzene rings is 2. The fourth-order valence-corrected chi connectivity index (χ4v) is 4.64. The highest BCUT2D eigenvalue weighted by Crippen LogP contribution is 2.20. The van der Waals surface area contributed by atoms with E-state index in [4.69, 9.17) is 4.74 Å². The van der Waals surface area contributed by atoms with E-state index in [0.717, 1.165) is 64.0 Å². The van der Waals surface area contributed by atoms with Crippen LogP contribution in [-0.4, -0.2) is 72.3 Å². The van der Waals surface area contributed by atoms with Gasteiger partial charge in [0.05, 0.1) is 0 Å². The van der Waals surface area contributed by atoms with E-state index in [1.165, 1.54) is 5.56 Å². The van der Waals surface area contributed by atoms with Gasteiger partial charge in [-0.15, -0.1) is 24.8 Å². The molecule has 4 rings (SSSR count). The normalized spacial score (nSPS) is 17.4. The molecule has 2 heterocycles. The number of nitrogens with one attached hydrogen (secondary N) is 1. The molecule has 0 spiro atoms. The Hall–Kier alpha value is -2.09. The van der Waals surface area contributed by atoms with Gasteiger partial charge in [-0.05, 0) is 56.5 Å². The topological polar surface area (TPSA) is 65.0 Å². The predicted octanol–water partition coefficient (Wildman–Crippen LogP) is 4.16. The van der Waals surface area contributed by atoms with Gasteiger partial charge in [-0.25, -0.2) is 0 Å². The Balaban J connectivity index is 0.00000228. The number of amides is 1. The molecule has 0 bridgehead atoms. The Labute approximate surface area is 227 Å². The lowest BCUT2D eigenvalue weighted by Crippen LogP contribution is -2.45. The minimum Gasteiger partial charge on any atom is -0.490 e. The molecule has 2 aromatic rings. The van der Waals surface area contributed by atoms with Crippen LogP contribution in [-0.2, 0) is 11.3 Å². The number of halogens is 2. The molecule has 6 nitrogen and oxygen atoms in total. The molecule has 2 fully saturated rings. The second-order valence-corrected chi connectivity index (χ2v) is 9.31. The van der Waals surface area contributed by atoms with Crippen LogP contribution < -0.4 is 10.1 Å². The summed E-state index contributed by atoms with van der Waals surface area (Å²) in [6.07, 6.45) is 7.17. The molecule has 2 saturated heterocycles. The molecule has 2 aromatic carbocycles. The minimum absolute atomic E-state index is 0. The van der Waals surface area contributed by atoms with Crippen molar-refractivity contribution < 1.29 is 14.6 Å². The lowest BCUT2D eigenvalue weighted by Gasteiger charge is -2.33. The number of piperidine rings is 1. The Bertz CT molecular complexity index is 931. The molecule has 2 aliphatic heterocycles. The van der Waals surface area contributed by atoms with Gasteiger partial charge >= 0.3 is 0 Å². The number of carbonyl (C=O) groups excluding carboxylic acids is 1. The van der Waals surface area contributed by atoms with Gasteiger partial charge in [0.25, 0.3) is 0 Å². The molecule has 1 amide bonds. The summed E-state index contributed by atoms with van der Waals surface area (Å²) in [5.41, 5.74) is 2.21. The monoisotopic (exact) mass is 535 g/mol. The van der Waals surface area contributed by atoms with Gasteiger partial charge in [0.2, 0.25) is 5.91 Å². The Morgan fingerprint density at radius 1 is 1.00 bits per heavy atom. The fraction of sp³-hybridized carbons (Fsp3) is 0.464. The first-order chi connectivity index (χ1) is 16.7. The molecule has 1 atom stereocenters. The Kier molecular flexibility index (Phi) is 13.3. The summed E-state index contributed by atoms with van der Waals surface area (Å²) in [5.74, 6) is 0.729. The van der Waals surface area contributed by atoms with Gasteiger partial charge < -0.3 is 20.1 Å². The zero-order valence-electron chi connectivity index (χ0n) is 20.8. The first-order valence-corrected chi connectivity index (χ1v) is 12.5. The number of aliphatic hydroxyl groups is 1. The molecule has 2 N–H and O–H groups in total. The first kappa shape index (κ1) is 30.1. The number of para-hydroxylation sites is 1. The molecule has 198 valence electrons. The van der Waals surface area contributed by atoms with E-state index in [-0.39, 0.29) is 37.3 Å². The number of nitrogens with zero attached hydrogens (tertiary/aromatic N) is 2. The summed E-state index contributed by atoms with van der Waals surface area (Å²) in [4.78, 5) is 16.7. The van der Waals surface area contributed by atoms with Crippen molar-refractivity contribution in [1.82, 2.24) is 15.1 Å². The smallest absolute Gasteiger partial charge is 0.246 e. The number of aliphatic hydroxyl groups excluding tert-OH is 1. The number of hydrogen-bond acceptors (Lipinski definition) is 5. The van der Waals surface area contributed by atoms with Gasteiger partial charge in [0.15, 0.2) is 0 Å². The van der Waals surface area contributed by atoms with Crippen LogP contribution in [0.4, 0.5) is 0 Å². The molecule has 0 saturated carbocycles. The summed E-state index contributed by atoms with van der Waals surface area (Å²) in [6.45, 7) is 5.53. The van der Waals surface area contributed by atoms with Crippen LogP contribution in [0, 0.1) is 0 Å². The molecule has 2 aliphatic rings. The number of carbonyl (C=O) groups is 1. The molecule has 1 unspecified atom stereocenters. The summed E-state index contributed by atoms with van der Waals surface area (Å²) >= 11 is 0. The van der Waals surface area contributed by atoms with Crippen LogP contribution in [0.25, 0.3) is 6.08 Å². The van der Waals surface area contributed by atoms with Crippen LogP contribution in [0.3, 0.4) is 0 Å². The average Bonchev–Trinajstić information content (AvgIpc) is 3.42. The van der Waals surface area contributed by atoms with E-state index >= 15 is 0 Å². The zero-order valence-corrected chi connectivity index (χ0v) is 22.4. The molecule has 0 radical (unpaired) electrons. The van der Waals surface area contributed by atoms with Crippen LogP contribution in [0.2, 0.25) is 0 Å². The number of rotatable bonds is 10. The van der Waals surface area contributed by atoms with Crippen molar-refractivity contribution in [3.05, 3.63) is 71.8 Å². The van der Waals surface area contributed by atoms with Gasteiger partial charge in [-0.2, -0.15) is 0 Å². The maximum absolute atomic E-state index is 12.3. The van der Waals surface area contributed by atoms with Gasteiger partial charge in [-0.3, -0.25) is 9.69 Å². The quantitative estimate of drug-likeness (QED) is 0.447. The number of ether oxygens (including phenoxy) is 1. The van der Waals surface area contributed by atoms with E-state index in [9.17, 15) is 9.90 Å². The molecular formula is C28H39Cl2N3O3. The third kappa shape index (κ3) is 9.41. The van der Waals surface area contributed by atoms with Crippen molar-refractivity contribution in [2.75, 3.05) is 39.3 Å². The van der Waals surface area contributed by atoms with Crippen molar-refractivity contribution in [3.63, 3.8) is 0 Å². The highest BCUT2D eigenvalue weighted by molar-refractivity contribution is 5.92. The van der Waals surface area contributed by atoms with Crippen LogP contribution >= 0.6 is 24.8 Å². The zero-order chi connectivity index (χ0) is 23.6. The average molecular weight is 537 g/mol. The van der Waals surface area contributed by atoms with E-state index in [0.29, 0.717) is 18.3 Å². The van der Waals surface area contributed by atoms with E-state index in [1.807, 2.05) is 35.2 Å². The summed E-state index contributed by atoms with van der Waals surface area (Å²) in [5, 5.41) is 14.0. The summed E-state index contributed by atoms with van der Waals surface area (Å²) in [7, 11) is 0. The lowest BCUT2D eigenvalue weighted by atomic mass is 10.0. The second kappa shape index (κ2) is 15.9. The lowest BCUT2D eigenvalue weighted by molar-refractivity contribution is -0.124. The molecule has 8 heteroatoms. The largest absolute Gasteiger partial charge is 0.490 e. The van der Waals surface area contributed by atoms with Crippen LogP contribution in [0.1, 0.15) is 36.8 Å². The van der Waals surface area contributed by atoms with Crippen molar-refractivity contribution in [2.45, 2.75) is 44.4 Å². The Morgan fingerprint density at radius 3 is 2.39 bits per heavy atom. The predicted molar refractivity (Wildman–Crippen MR) is 150 cm³/mol. The maximum atomic E-state index is 12.3. The third-order valence-corrected chi connectivity index (χ3v) is 6.65. The summed E-state index contributed by atoms with van der Waals surface area (Å²) in [6, 6.07) is 18.7. The second-order valence-electron chi connectivity index (χ2n) is 9.31. The molecule has 0 aromatic heterocycles. The standard InChI is InChI=1S/C28H37N3O3.2ClH/c32-26(20-29-25-14-18-30(19-15-25)21-23-8-2-1-3-9-23)22-34-27-11-5-4-10-24(27)12-13-28(33)31-16-6-7-17-31;;/h1-5,8-13,25-26,29,32H,6-7,14-22H2;2*1H. The van der Waals surface area contributed by atoms with E-state index < -0.39 is 6.10 Å². The van der Waals surface area contributed by atoms with Crippen molar-refractivity contribution >= 4 is 36.8 Å². The fourth-order valence-electron chi connectivity index (χ4n) is 4.64. The molecule has 0 aliphatic carbocycles. The van der Waals surface area contributed by atoms with Gasteiger partial charge in [-0.1, -0.05) is 48.5 Å². The van der Waals surface area contributed by atoms with Crippen molar-refractivity contribution in [1.29, 1.82) is 0 Å². The SMILES string of the molecule is Cl.Cl.O=C(C=Cc1ccccc1OCC(O)CNC1CCN(Cc2ccccc2)CC1)N1CCCC1. The van der Waals surface area contributed by atoms with Gasteiger partial charge in [0, 0.05) is 43.9 Å². The highest BCUT2D eigenvalue weighted by atomic mass is 35.5. The molecule has 36 heavy (non-hydrogen) atoms. The van der Waals surface area contributed by atoms with E-state index in [2.05, 4.69) is 40.5 Å². The highest BCUT2D eigenvalue weighted by Gasteiger charge is 2.20.